The molecule has 11 heteroatoms. The second kappa shape index (κ2) is 10.7. The van der Waals surface area contributed by atoms with Crippen LogP contribution < -0.4 is 4.74 Å². The van der Waals surface area contributed by atoms with Crippen LogP contribution in [0.4, 0.5) is 0 Å². The minimum absolute atomic E-state index is 0.104. The van der Waals surface area contributed by atoms with Crippen molar-refractivity contribution in [1.29, 1.82) is 0 Å². The molecule has 0 aliphatic carbocycles. The molecule has 0 spiro atoms. The zero-order chi connectivity index (χ0) is 22.4. The van der Waals surface area contributed by atoms with Crippen LogP contribution in [0.15, 0.2) is 46.9 Å². The molecule has 1 atom stereocenters. The van der Waals surface area contributed by atoms with Gasteiger partial charge in [0, 0.05) is 12.1 Å². The van der Waals surface area contributed by atoms with E-state index in [1.165, 1.54) is 11.3 Å². The number of rotatable bonds is 10. The maximum atomic E-state index is 12.5. The number of aliphatic carboxylic acids is 1. The number of hydrogen-bond acceptors (Lipinski definition) is 7. The number of carbonyl (C=O) groups is 2. The highest BCUT2D eigenvalue weighted by atomic mass is 35.5. The molecule has 2 aromatic heterocycles. The average molecular weight is 481 g/mol. The number of hydrogen-bond donors (Lipinski definition) is 1. The number of thioether (sulfide) groups is 1. The van der Waals surface area contributed by atoms with Crippen LogP contribution in [0.5, 0.6) is 5.75 Å². The van der Waals surface area contributed by atoms with E-state index in [1.807, 2.05) is 17.5 Å². The summed E-state index contributed by atoms with van der Waals surface area (Å²) in [6.45, 7) is 2.30. The lowest BCUT2D eigenvalue weighted by Gasteiger charge is -2.18. The summed E-state index contributed by atoms with van der Waals surface area (Å²) >= 11 is 8.46. The molecule has 164 valence electrons. The van der Waals surface area contributed by atoms with Gasteiger partial charge in [-0.15, -0.1) is 21.5 Å². The number of thiophene rings is 1. The van der Waals surface area contributed by atoms with Crippen molar-refractivity contribution in [3.8, 4) is 16.5 Å². The molecule has 3 aromatic rings. The Morgan fingerprint density at radius 1 is 1.29 bits per heavy atom. The predicted molar refractivity (Wildman–Crippen MR) is 121 cm³/mol. The Hall–Kier alpha value is -2.56. The molecule has 8 nitrogen and oxygen atoms in total. The van der Waals surface area contributed by atoms with Gasteiger partial charge in [0.15, 0.2) is 11.0 Å². The van der Waals surface area contributed by atoms with Crippen molar-refractivity contribution in [3.05, 3.63) is 46.8 Å². The van der Waals surface area contributed by atoms with Crippen LogP contribution in [0, 0.1) is 0 Å². The first kappa shape index (κ1) is 23.1. The minimum Gasteiger partial charge on any atom is -0.492 e. The molecule has 0 radical (unpaired) electrons. The number of carbonyl (C=O) groups excluding carboxylic acids is 1. The Kier molecular flexibility index (Phi) is 7.94. The number of ether oxygens (including phenoxy) is 1. The summed E-state index contributed by atoms with van der Waals surface area (Å²) in [6.07, 6.45) is 0. The first-order valence-corrected chi connectivity index (χ1v) is 11.6. The molecule has 0 aliphatic rings. The molecule has 1 unspecified atom stereocenters. The molecule has 1 aromatic carbocycles. The average Bonchev–Trinajstić information content (AvgIpc) is 3.42. The van der Waals surface area contributed by atoms with E-state index in [0.29, 0.717) is 34.9 Å². The molecule has 2 heterocycles. The van der Waals surface area contributed by atoms with Gasteiger partial charge in [0.2, 0.25) is 5.91 Å². The van der Waals surface area contributed by atoms with Gasteiger partial charge in [0.1, 0.15) is 18.4 Å². The lowest BCUT2D eigenvalue weighted by atomic mass is 10.3. The van der Waals surface area contributed by atoms with E-state index in [4.69, 9.17) is 16.3 Å². The summed E-state index contributed by atoms with van der Waals surface area (Å²) < 4.78 is 7.17. The topological polar surface area (TPSA) is 97.5 Å². The summed E-state index contributed by atoms with van der Waals surface area (Å²) in [5.41, 5.74) is 0. The molecule has 31 heavy (non-hydrogen) atoms. The van der Waals surface area contributed by atoms with Crippen molar-refractivity contribution in [2.24, 2.45) is 0 Å². The van der Waals surface area contributed by atoms with Gasteiger partial charge in [-0.25, -0.2) is 4.79 Å². The number of likely N-dealkylation sites (N-methyl/N-ethyl adjacent to an activating group) is 1. The summed E-state index contributed by atoms with van der Waals surface area (Å²) in [5, 5.41) is 20.7. The number of benzene rings is 1. The molecule has 1 N–H and O–H groups in total. The third-order valence-corrected chi connectivity index (χ3v) is 6.46. The number of amides is 1. The van der Waals surface area contributed by atoms with Crippen LogP contribution in [0.25, 0.3) is 10.7 Å². The quantitative estimate of drug-likeness (QED) is 0.439. The molecule has 0 saturated carbocycles. The van der Waals surface area contributed by atoms with E-state index in [0.717, 1.165) is 16.6 Å². The van der Waals surface area contributed by atoms with Crippen LogP contribution in [-0.4, -0.2) is 62.6 Å². The van der Waals surface area contributed by atoms with Gasteiger partial charge in [-0.1, -0.05) is 29.4 Å². The van der Waals surface area contributed by atoms with Crippen LogP contribution in [-0.2, 0) is 9.59 Å². The molecule has 0 fully saturated rings. The third kappa shape index (κ3) is 5.99. The van der Waals surface area contributed by atoms with Crippen molar-refractivity contribution >= 4 is 46.6 Å². The standard InChI is InChI=1S/C20H21ClN4O4S2/c1-13(19(27)28)25-18(16-4-3-11-30-16)22-23-20(25)31-12-17(26)24(2)9-10-29-15-7-5-14(21)6-8-15/h3-8,11,13H,9-10,12H2,1-2H3,(H,27,28). The molecule has 3 rings (SSSR count). The number of carboxylic acids is 1. The second-order valence-corrected chi connectivity index (χ2v) is 8.90. The second-order valence-electron chi connectivity index (χ2n) is 6.57. The van der Waals surface area contributed by atoms with Crippen LogP contribution in [0.1, 0.15) is 13.0 Å². The van der Waals surface area contributed by atoms with Crippen molar-refractivity contribution < 1.29 is 19.4 Å². The van der Waals surface area contributed by atoms with Gasteiger partial charge in [-0.2, -0.15) is 0 Å². The Balaban J connectivity index is 1.59. The number of aromatic nitrogens is 3. The van der Waals surface area contributed by atoms with Gasteiger partial charge < -0.3 is 14.7 Å². The lowest BCUT2D eigenvalue weighted by Crippen LogP contribution is -2.32. The Labute approximate surface area is 192 Å². The SMILES string of the molecule is CC(C(=O)O)n1c(SCC(=O)N(C)CCOc2ccc(Cl)cc2)nnc1-c1cccs1. The van der Waals surface area contributed by atoms with Gasteiger partial charge in [-0.3, -0.25) is 9.36 Å². The van der Waals surface area contributed by atoms with E-state index in [-0.39, 0.29) is 11.7 Å². The van der Waals surface area contributed by atoms with Crippen molar-refractivity contribution in [3.63, 3.8) is 0 Å². The summed E-state index contributed by atoms with van der Waals surface area (Å²) in [4.78, 5) is 26.5. The van der Waals surface area contributed by atoms with E-state index in [1.54, 1.807) is 47.7 Å². The molecule has 0 bridgehead atoms. The van der Waals surface area contributed by atoms with Gasteiger partial charge >= 0.3 is 5.97 Å². The Morgan fingerprint density at radius 3 is 2.68 bits per heavy atom. The van der Waals surface area contributed by atoms with Crippen LogP contribution in [0.3, 0.4) is 0 Å². The Morgan fingerprint density at radius 2 is 2.03 bits per heavy atom. The Bertz CT molecular complexity index is 1020. The predicted octanol–water partition coefficient (Wildman–Crippen LogP) is 3.94. The van der Waals surface area contributed by atoms with E-state index >= 15 is 0 Å². The minimum atomic E-state index is -0.998. The third-order valence-electron chi connectivity index (χ3n) is 4.41. The lowest BCUT2D eigenvalue weighted by molar-refractivity contribution is -0.140. The molecular weight excluding hydrogens is 460 g/mol. The fraction of sp³-hybridized carbons (Fsp3) is 0.300. The van der Waals surface area contributed by atoms with Crippen LogP contribution >= 0.6 is 34.7 Å². The van der Waals surface area contributed by atoms with Gasteiger partial charge in [0.05, 0.1) is 17.2 Å². The molecule has 0 saturated heterocycles. The zero-order valence-electron chi connectivity index (χ0n) is 16.9. The fourth-order valence-corrected chi connectivity index (χ4v) is 4.39. The van der Waals surface area contributed by atoms with E-state index in [9.17, 15) is 14.7 Å². The normalized spacial score (nSPS) is 11.8. The highest BCUT2D eigenvalue weighted by molar-refractivity contribution is 7.99. The van der Waals surface area contributed by atoms with Crippen molar-refractivity contribution in [2.75, 3.05) is 26.0 Å². The van der Waals surface area contributed by atoms with Crippen LogP contribution in [0.2, 0.25) is 5.02 Å². The number of halogens is 1. The number of carboxylic acid groups (broad SMARTS) is 1. The van der Waals surface area contributed by atoms with E-state index < -0.39 is 12.0 Å². The van der Waals surface area contributed by atoms with Gasteiger partial charge in [0.25, 0.3) is 0 Å². The van der Waals surface area contributed by atoms with Crippen molar-refractivity contribution in [1.82, 2.24) is 19.7 Å². The zero-order valence-corrected chi connectivity index (χ0v) is 19.3. The summed E-state index contributed by atoms with van der Waals surface area (Å²) in [7, 11) is 1.69. The van der Waals surface area contributed by atoms with E-state index in [2.05, 4.69) is 10.2 Å². The number of nitrogens with zero attached hydrogens (tertiary/aromatic N) is 4. The molecule has 0 aliphatic heterocycles. The highest BCUT2D eigenvalue weighted by Crippen LogP contribution is 2.30. The summed E-state index contributed by atoms with van der Waals surface area (Å²) in [5.74, 6) is 0.134. The first-order valence-electron chi connectivity index (χ1n) is 9.33. The smallest absolute Gasteiger partial charge is 0.326 e. The monoisotopic (exact) mass is 480 g/mol. The summed E-state index contributed by atoms with van der Waals surface area (Å²) in [6, 6.07) is 9.86. The molecular formula is C20H21ClN4O4S2. The maximum Gasteiger partial charge on any atom is 0.326 e. The van der Waals surface area contributed by atoms with Gasteiger partial charge in [-0.05, 0) is 42.6 Å². The maximum absolute atomic E-state index is 12.5. The largest absolute Gasteiger partial charge is 0.492 e. The highest BCUT2D eigenvalue weighted by Gasteiger charge is 2.25. The fourth-order valence-electron chi connectivity index (χ4n) is 2.60. The first-order chi connectivity index (χ1) is 14.9. The molecule has 1 amide bonds. The van der Waals surface area contributed by atoms with Crippen molar-refractivity contribution in [2.45, 2.75) is 18.1 Å².